The smallest absolute Gasteiger partial charge is 0.253 e. The lowest BCUT2D eigenvalue weighted by Crippen LogP contribution is -2.50. The van der Waals surface area contributed by atoms with Gasteiger partial charge < -0.3 is 4.90 Å². The van der Waals surface area contributed by atoms with Crippen LogP contribution >= 0.6 is 0 Å². The van der Waals surface area contributed by atoms with Crippen LogP contribution in [0.15, 0.2) is 0 Å². The standard InChI is InChI=1S/C14H17F4N3/c15-10-12(11(16)14(18)19-13(10)17)21-7-5-20(6-8-21)9-3-1-2-4-9/h9H,1-8H2. The molecule has 0 unspecified atom stereocenters. The summed E-state index contributed by atoms with van der Waals surface area (Å²) >= 11 is 0. The highest BCUT2D eigenvalue weighted by Crippen LogP contribution is 2.29. The molecule has 116 valence electrons. The Bertz CT molecular complexity index is 497. The lowest BCUT2D eigenvalue weighted by Gasteiger charge is -2.39. The number of pyridine rings is 1. The molecule has 1 aromatic heterocycles. The van der Waals surface area contributed by atoms with E-state index in [1.807, 2.05) is 0 Å². The van der Waals surface area contributed by atoms with Crippen LogP contribution in [0.3, 0.4) is 0 Å². The van der Waals surface area contributed by atoms with Gasteiger partial charge in [0.15, 0.2) is 0 Å². The van der Waals surface area contributed by atoms with E-state index >= 15 is 0 Å². The summed E-state index contributed by atoms with van der Waals surface area (Å²) < 4.78 is 53.8. The molecule has 1 aromatic rings. The Hall–Kier alpha value is -1.37. The minimum absolute atomic E-state index is 0.354. The lowest BCUT2D eigenvalue weighted by atomic mass is 10.1. The van der Waals surface area contributed by atoms with Crippen LogP contribution in [0.2, 0.25) is 0 Å². The van der Waals surface area contributed by atoms with Gasteiger partial charge >= 0.3 is 0 Å². The Kier molecular flexibility index (Phi) is 4.01. The van der Waals surface area contributed by atoms with Gasteiger partial charge in [0.05, 0.1) is 0 Å². The maximum absolute atomic E-state index is 13.7. The molecule has 0 N–H and O–H groups in total. The average Bonchev–Trinajstić information content (AvgIpc) is 3.00. The van der Waals surface area contributed by atoms with E-state index < -0.39 is 29.2 Å². The maximum atomic E-state index is 13.7. The summed E-state index contributed by atoms with van der Waals surface area (Å²) in [6.07, 6.45) is 4.74. The molecule has 3 rings (SSSR count). The number of hydrogen-bond acceptors (Lipinski definition) is 3. The number of nitrogens with zero attached hydrogens (tertiary/aromatic N) is 3. The van der Waals surface area contributed by atoms with Gasteiger partial charge in [0.25, 0.3) is 11.9 Å². The van der Waals surface area contributed by atoms with Crippen molar-refractivity contribution in [2.24, 2.45) is 0 Å². The molecule has 0 aromatic carbocycles. The Morgan fingerprint density at radius 3 is 1.86 bits per heavy atom. The van der Waals surface area contributed by atoms with Crippen molar-refractivity contribution >= 4 is 5.69 Å². The van der Waals surface area contributed by atoms with Gasteiger partial charge in [-0.1, -0.05) is 12.8 Å². The van der Waals surface area contributed by atoms with Crippen molar-refractivity contribution in [1.82, 2.24) is 9.88 Å². The first-order valence-electron chi connectivity index (χ1n) is 7.27. The number of rotatable bonds is 2. The van der Waals surface area contributed by atoms with Gasteiger partial charge in [0, 0.05) is 32.2 Å². The van der Waals surface area contributed by atoms with Gasteiger partial charge in [-0.15, -0.1) is 0 Å². The lowest BCUT2D eigenvalue weighted by molar-refractivity contribution is 0.186. The summed E-state index contributed by atoms with van der Waals surface area (Å²) in [5.74, 6) is -6.02. The molecule has 1 saturated heterocycles. The summed E-state index contributed by atoms with van der Waals surface area (Å²) in [5.41, 5.74) is -0.633. The molecule has 2 aliphatic rings. The largest absolute Gasteiger partial charge is 0.364 e. The fourth-order valence-corrected chi connectivity index (χ4v) is 3.33. The second kappa shape index (κ2) is 5.79. The van der Waals surface area contributed by atoms with Crippen LogP contribution in [0, 0.1) is 23.5 Å². The van der Waals surface area contributed by atoms with Crippen LogP contribution in [-0.4, -0.2) is 42.1 Å². The Morgan fingerprint density at radius 2 is 1.33 bits per heavy atom. The molecule has 0 radical (unpaired) electrons. The maximum Gasteiger partial charge on any atom is 0.253 e. The molecule has 1 aliphatic heterocycles. The third-order valence-electron chi connectivity index (χ3n) is 4.45. The van der Waals surface area contributed by atoms with Crippen LogP contribution in [0.25, 0.3) is 0 Å². The quantitative estimate of drug-likeness (QED) is 0.618. The first-order chi connectivity index (χ1) is 10.1. The fraction of sp³-hybridized carbons (Fsp3) is 0.643. The summed E-state index contributed by atoms with van der Waals surface area (Å²) in [6, 6.07) is 0.535. The van der Waals surface area contributed by atoms with Crippen molar-refractivity contribution in [2.45, 2.75) is 31.7 Å². The van der Waals surface area contributed by atoms with E-state index in [1.165, 1.54) is 17.7 Å². The molecule has 2 heterocycles. The summed E-state index contributed by atoms with van der Waals surface area (Å²) in [6.45, 7) is 2.00. The van der Waals surface area contributed by atoms with Gasteiger partial charge in [-0.2, -0.15) is 22.5 Å². The van der Waals surface area contributed by atoms with Crippen molar-refractivity contribution in [1.29, 1.82) is 0 Å². The van der Waals surface area contributed by atoms with E-state index in [0.717, 1.165) is 12.8 Å². The van der Waals surface area contributed by atoms with Crippen molar-refractivity contribution in [3.8, 4) is 0 Å². The molecule has 0 bridgehead atoms. The van der Waals surface area contributed by atoms with Gasteiger partial charge in [0.1, 0.15) is 5.69 Å². The predicted octanol–water partition coefficient (Wildman–Crippen LogP) is 2.70. The molecule has 0 atom stereocenters. The van der Waals surface area contributed by atoms with Crippen LogP contribution < -0.4 is 4.90 Å². The van der Waals surface area contributed by atoms with Gasteiger partial charge in [-0.05, 0) is 12.8 Å². The monoisotopic (exact) mass is 303 g/mol. The summed E-state index contributed by atoms with van der Waals surface area (Å²) in [4.78, 5) is 6.25. The minimum atomic E-state index is -1.60. The summed E-state index contributed by atoms with van der Waals surface area (Å²) in [7, 11) is 0. The number of hydrogen-bond donors (Lipinski definition) is 0. The van der Waals surface area contributed by atoms with Crippen molar-refractivity contribution in [3.05, 3.63) is 23.5 Å². The Labute approximate surface area is 120 Å². The molecule has 21 heavy (non-hydrogen) atoms. The van der Waals surface area contributed by atoms with E-state index in [1.54, 1.807) is 0 Å². The number of halogens is 4. The molecule has 1 aliphatic carbocycles. The zero-order valence-corrected chi connectivity index (χ0v) is 11.6. The zero-order valence-electron chi connectivity index (χ0n) is 11.6. The van der Waals surface area contributed by atoms with E-state index in [-0.39, 0.29) is 0 Å². The van der Waals surface area contributed by atoms with Gasteiger partial charge in [0.2, 0.25) is 11.6 Å². The average molecular weight is 303 g/mol. The van der Waals surface area contributed by atoms with Crippen LogP contribution in [0.1, 0.15) is 25.7 Å². The number of aromatic nitrogens is 1. The van der Waals surface area contributed by atoms with Crippen LogP contribution in [-0.2, 0) is 0 Å². The first-order valence-corrected chi connectivity index (χ1v) is 7.27. The van der Waals surface area contributed by atoms with Crippen molar-refractivity contribution in [3.63, 3.8) is 0 Å². The van der Waals surface area contributed by atoms with Crippen molar-refractivity contribution < 1.29 is 17.6 Å². The topological polar surface area (TPSA) is 19.4 Å². The van der Waals surface area contributed by atoms with E-state index in [9.17, 15) is 17.6 Å². The highest BCUT2D eigenvalue weighted by Gasteiger charge is 2.30. The SMILES string of the molecule is Fc1nc(F)c(F)c(N2CCN(C3CCCC3)CC2)c1F. The fourth-order valence-electron chi connectivity index (χ4n) is 3.33. The third kappa shape index (κ3) is 2.71. The Balaban J connectivity index is 1.75. The highest BCUT2D eigenvalue weighted by atomic mass is 19.2. The Morgan fingerprint density at radius 1 is 0.810 bits per heavy atom. The highest BCUT2D eigenvalue weighted by molar-refractivity contribution is 5.49. The number of anilines is 1. The van der Waals surface area contributed by atoms with E-state index in [4.69, 9.17) is 0 Å². The third-order valence-corrected chi connectivity index (χ3v) is 4.45. The van der Waals surface area contributed by atoms with Gasteiger partial charge in [-0.3, -0.25) is 4.90 Å². The van der Waals surface area contributed by atoms with E-state index in [0.29, 0.717) is 32.2 Å². The predicted molar refractivity (Wildman–Crippen MR) is 70.1 cm³/mol. The second-order valence-electron chi connectivity index (χ2n) is 5.63. The molecule has 0 spiro atoms. The normalized spacial score (nSPS) is 21.2. The van der Waals surface area contributed by atoms with E-state index in [2.05, 4.69) is 9.88 Å². The number of piperazine rings is 1. The molecule has 2 fully saturated rings. The molecular weight excluding hydrogens is 286 g/mol. The molecule has 0 amide bonds. The first kappa shape index (κ1) is 14.6. The van der Waals surface area contributed by atoms with Crippen LogP contribution in [0.4, 0.5) is 23.2 Å². The van der Waals surface area contributed by atoms with Crippen molar-refractivity contribution in [2.75, 3.05) is 31.1 Å². The van der Waals surface area contributed by atoms with Crippen LogP contribution in [0.5, 0.6) is 0 Å². The second-order valence-corrected chi connectivity index (χ2v) is 5.63. The molecule has 1 saturated carbocycles. The summed E-state index contributed by atoms with van der Waals surface area (Å²) in [5, 5.41) is 0. The molecular formula is C14H17F4N3. The van der Waals surface area contributed by atoms with Gasteiger partial charge in [-0.25, -0.2) is 0 Å². The molecule has 7 heteroatoms. The molecule has 3 nitrogen and oxygen atoms in total. The zero-order chi connectivity index (χ0) is 15.0. The minimum Gasteiger partial charge on any atom is -0.364 e.